The van der Waals surface area contributed by atoms with Gasteiger partial charge in [-0.3, -0.25) is 0 Å². The Labute approximate surface area is 123 Å². The molecule has 0 aliphatic heterocycles. The van der Waals surface area contributed by atoms with Crippen molar-refractivity contribution in [3.8, 4) is 11.8 Å². The van der Waals surface area contributed by atoms with Gasteiger partial charge in [0.15, 0.2) is 0 Å². The van der Waals surface area contributed by atoms with E-state index in [1.54, 1.807) is 0 Å². The molecule has 0 bridgehead atoms. The topological polar surface area (TPSA) is 3.24 Å². The summed E-state index contributed by atoms with van der Waals surface area (Å²) in [5, 5.41) is 0. The van der Waals surface area contributed by atoms with Gasteiger partial charge in [0.25, 0.3) is 0 Å². The molecular formula is C17H16BrN. The summed E-state index contributed by atoms with van der Waals surface area (Å²) in [6, 6.07) is 14.4. The lowest BCUT2D eigenvalue weighted by Gasteiger charge is -2.14. The first-order valence-electron chi connectivity index (χ1n) is 6.12. The highest BCUT2D eigenvalue weighted by Gasteiger charge is 2.02. The zero-order chi connectivity index (χ0) is 13.8. The van der Waals surface area contributed by atoms with Crippen LogP contribution in [0.2, 0.25) is 0 Å². The van der Waals surface area contributed by atoms with Gasteiger partial charge in [-0.25, -0.2) is 0 Å². The summed E-state index contributed by atoms with van der Waals surface area (Å²) in [5.41, 5.74) is 4.44. The maximum atomic E-state index is 3.49. The van der Waals surface area contributed by atoms with Crippen LogP contribution in [-0.2, 0) is 0 Å². The molecule has 0 fully saturated rings. The van der Waals surface area contributed by atoms with Gasteiger partial charge in [0, 0.05) is 29.7 Å². The van der Waals surface area contributed by atoms with Crippen LogP contribution in [-0.4, -0.2) is 14.1 Å². The standard InChI is InChI=1S/C17H16BrN/c1-13-4-6-14(7-5-13)8-9-15-12-16(18)10-11-17(15)19(2)3/h4-7,10-12H,1-3H3. The van der Waals surface area contributed by atoms with Crippen LogP contribution in [0.1, 0.15) is 16.7 Å². The summed E-state index contributed by atoms with van der Waals surface area (Å²) in [4.78, 5) is 2.07. The first-order chi connectivity index (χ1) is 9.06. The number of benzene rings is 2. The van der Waals surface area contributed by atoms with Gasteiger partial charge in [0.1, 0.15) is 0 Å². The van der Waals surface area contributed by atoms with E-state index < -0.39 is 0 Å². The lowest BCUT2D eigenvalue weighted by atomic mass is 10.1. The molecule has 1 nitrogen and oxygen atoms in total. The van der Waals surface area contributed by atoms with Gasteiger partial charge >= 0.3 is 0 Å². The van der Waals surface area contributed by atoms with Gasteiger partial charge in [0.05, 0.1) is 5.69 Å². The SMILES string of the molecule is Cc1ccc(C#Cc2cc(Br)ccc2N(C)C)cc1. The maximum Gasteiger partial charge on any atom is 0.0521 e. The predicted octanol–water partition coefficient (Wildman–Crippen LogP) is 4.22. The van der Waals surface area contributed by atoms with Crippen molar-refractivity contribution >= 4 is 21.6 Å². The number of hydrogen-bond donors (Lipinski definition) is 0. The Morgan fingerprint density at radius 1 is 0.947 bits per heavy atom. The van der Waals surface area contributed by atoms with Crippen molar-refractivity contribution in [2.45, 2.75) is 6.92 Å². The first-order valence-corrected chi connectivity index (χ1v) is 6.91. The van der Waals surface area contributed by atoms with Crippen molar-refractivity contribution in [1.29, 1.82) is 0 Å². The molecular weight excluding hydrogens is 298 g/mol. The van der Waals surface area contributed by atoms with E-state index in [1.165, 1.54) is 5.56 Å². The van der Waals surface area contributed by atoms with E-state index >= 15 is 0 Å². The van der Waals surface area contributed by atoms with E-state index in [0.717, 1.165) is 21.3 Å². The number of rotatable bonds is 1. The highest BCUT2D eigenvalue weighted by atomic mass is 79.9. The number of halogens is 1. The summed E-state index contributed by atoms with van der Waals surface area (Å²) in [6.07, 6.45) is 0. The van der Waals surface area contributed by atoms with Crippen LogP contribution < -0.4 is 4.90 Å². The second-order valence-corrected chi connectivity index (χ2v) is 5.59. The molecule has 96 valence electrons. The minimum atomic E-state index is 1.03. The average molecular weight is 314 g/mol. The molecule has 0 N–H and O–H groups in total. The van der Waals surface area contributed by atoms with Crippen LogP contribution in [0.15, 0.2) is 46.9 Å². The third-order valence-electron chi connectivity index (χ3n) is 2.83. The minimum absolute atomic E-state index is 1.03. The molecule has 0 aliphatic rings. The lowest BCUT2D eigenvalue weighted by molar-refractivity contribution is 1.13. The Bertz CT molecular complexity index is 631. The molecule has 2 aromatic carbocycles. The largest absolute Gasteiger partial charge is 0.377 e. The maximum absolute atomic E-state index is 3.49. The van der Waals surface area contributed by atoms with Crippen molar-refractivity contribution in [2.75, 3.05) is 19.0 Å². The van der Waals surface area contributed by atoms with E-state index in [9.17, 15) is 0 Å². The summed E-state index contributed by atoms with van der Waals surface area (Å²) in [6.45, 7) is 2.08. The lowest BCUT2D eigenvalue weighted by Crippen LogP contribution is -2.10. The Morgan fingerprint density at radius 3 is 2.26 bits per heavy atom. The molecule has 0 unspecified atom stereocenters. The van der Waals surface area contributed by atoms with E-state index in [4.69, 9.17) is 0 Å². The normalized spacial score (nSPS) is 9.68. The fourth-order valence-electron chi connectivity index (χ4n) is 1.77. The average Bonchev–Trinajstić information content (AvgIpc) is 2.38. The summed E-state index contributed by atoms with van der Waals surface area (Å²) >= 11 is 3.49. The van der Waals surface area contributed by atoms with Crippen LogP contribution in [0.4, 0.5) is 5.69 Å². The van der Waals surface area contributed by atoms with Crippen LogP contribution >= 0.6 is 15.9 Å². The summed E-state index contributed by atoms with van der Waals surface area (Å²) in [5.74, 6) is 6.46. The minimum Gasteiger partial charge on any atom is -0.377 e. The number of anilines is 1. The summed E-state index contributed by atoms with van der Waals surface area (Å²) < 4.78 is 1.05. The number of hydrogen-bond acceptors (Lipinski definition) is 1. The second-order valence-electron chi connectivity index (χ2n) is 4.67. The highest BCUT2D eigenvalue weighted by Crippen LogP contribution is 2.22. The second kappa shape index (κ2) is 5.95. The van der Waals surface area contributed by atoms with Crippen LogP contribution in [0.25, 0.3) is 0 Å². The quantitative estimate of drug-likeness (QED) is 0.712. The molecule has 0 radical (unpaired) electrons. The van der Waals surface area contributed by atoms with Gasteiger partial charge in [-0.1, -0.05) is 45.5 Å². The van der Waals surface area contributed by atoms with E-state index in [1.807, 2.05) is 20.2 Å². The molecule has 2 aromatic rings. The van der Waals surface area contributed by atoms with Crippen LogP contribution in [0.5, 0.6) is 0 Å². The van der Waals surface area contributed by atoms with Gasteiger partial charge in [0.2, 0.25) is 0 Å². The van der Waals surface area contributed by atoms with Crippen molar-refractivity contribution in [1.82, 2.24) is 0 Å². The smallest absolute Gasteiger partial charge is 0.0521 e. The Balaban J connectivity index is 2.38. The molecule has 0 aromatic heterocycles. The van der Waals surface area contributed by atoms with Gasteiger partial charge in [-0.15, -0.1) is 0 Å². The first kappa shape index (κ1) is 13.7. The highest BCUT2D eigenvalue weighted by molar-refractivity contribution is 9.10. The van der Waals surface area contributed by atoms with E-state index in [-0.39, 0.29) is 0 Å². The number of aryl methyl sites for hydroxylation is 1. The summed E-state index contributed by atoms with van der Waals surface area (Å²) in [7, 11) is 4.06. The molecule has 2 rings (SSSR count). The van der Waals surface area contributed by atoms with Crippen molar-refractivity contribution in [3.63, 3.8) is 0 Å². The van der Waals surface area contributed by atoms with Crippen LogP contribution in [0.3, 0.4) is 0 Å². The Hall–Kier alpha value is -1.72. The van der Waals surface area contributed by atoms with Gasteiger partial charge in [-0.2, -0.15) is 0 Å². The molecule has 0 saturated heterocycles. The predicted molar refractivity (Wildman–Crippen MR) is 85.6 cm³/mol. The number of nitrogens with zero attached hydrogens (tertiary/aromatic N) is 1. The molecule has 0 amide bonds. The molecule has 0 atom stereocenters. The van der Waals surface area contributed by atoms with Crippen molar-refractivity contribution in [2.24, 2.45) is 0 Å². The van der Waals surface area contributed by atoms with Crippen molar-refractivity contribution < 1.29 is 0 Å². The molecule has 19 heavy (non-hydrogen) atoms. The van der Waals surface area contributed by atoms with E-state index in [2.05, 4.69) is 76.0 Å². The molecule has 2 heteroatoms. The Kier molecular flexibility index (Phi) is 4.29. The third kappa shape index (κ3) is 3.62. The molecule has 0 saturated carbocycles. The van der Waals surface area contributed by atoms with E-state index in [0.29, 0.717) is 0 Å². The molecule has 0 aliphatic carbocycles. The third-order valence-corrected chi connectivity index (χ3v) is 3.33. The fraction of sp³-hybridized carbons (Fsp3) is 0.176. The van der Waals surface area contributed by atoms with Gasteiger partial charge < -0.3 is 4.90 Å². The molecule has 0 heterocycles. The zero-order valence-electron chi connectivity index (χ0n) is 11.4. The molecule has 0 spiro atoms. The zero-order valence-corrected chi connectivity index (χ0v) is 13.0. The van der Waals surface area contributed by atoms with Crippen LogP contribution in [0, 0.1) is 18.8 Å². The van der Waals surface area contributed by atoms with Gasteiger partial charge in [-0.05, 0) is 37.3 Å². The Morgan fingerprint density at radius 2 is 1.63 bits per heavy atom. The fourth-order valence-corrected chi connectivity index (χ4v) is 2.14. The monoisotopic (exact) mass is 313 g/mol. The van der Waals surface area contributed by atoms with Crippen molar-refractivity contribution in [3.05, 3.63) is 63.6 Å².